The minimum Gasteiger partial charge on any atom is -0.493 e. The van der Waals surface area contributed by atoms with Gasteiger partial charge >= 0.3 is 5.97 Å². The summed E-state index contributed by atoms with van der Waals surface area (Å²) in [4.78, 5) is 25.9. The maximum atomic E-state index is 12.6. The minimum absolute atomic E-state index is 0.152. The van der Waals surface area contributed by atoms with Crippen LogP contribution in [0.1, 0.15) is 38.7 Å². The van der Waals surface area contributed by atoms with Crippen molar-refractivity contribution in [1.82, 2.24) is 4.90 Å². The zero-order valence-electron chi connectivity index (χ0n) is 16.6. The van der Waals surface area contributed by atoms with Crippen LogP contribution in [0, 0.1) is 0 Å². The molecule has 0 bridgehead atoms. The molecule has 150 valence electrons. The number of rotatable bonds is 13. The molecule has 0 aliphatic carbocycles. The van der Waals surface area contributed by atoms with Crippen LogP contribution >= 0.6 is 0 Å². The second-order valence-corrected chi connectivity index (χ2v) is 5.95. The first kappa shape index (κ1) is 22.7. The fraction of sp³-hybridized carbons (Fsp3) is 0.524. The molecule has 1 aromatic rings. The number of hydrogen-bond acceptors (Lipinski definition) is 5. The van der Waals surface area contributed by atoms with E-state index in [2.05, 4.69) is 0 Å². The molecule has 0 saturated heterocycles. The Hall–Kier alpha value is -2.34. The van der Waals surface area contributed by atoms with Gasteiger partial charge in [0.2, 0.25) is 5.91 Å². The number of carbonyl (C=O) groups excluding carboxylic acids is 2. The van der Waals surface area contributed by atoms with E-state index in [-0.39, 0.29) is 18.3 Å². The van der Waals surface area contributed by atoms with Gasteiger partial charge in [-0.1, -0.05) is 25.1 Å². The van der Waals surface area contributed by atoms with E-state index >= 15 is 0 Å². The molecule has 0 radical (unpaired) electrons. The highest BCUT2D eigenvalue weighted by molar-refractivity contribution is 5.92. The monoisotopic (exact) mass is 377 g/mol. The van der Waals surface area contributed by atoms with Gasteiger partial charge in [-0.15, -0.1) is 0 Å². The average Bonchev–Trinajstić information content (AvgIpc) is 2.68. The van der Waals surface area contributed by atoms with Gasteiger partial charge in [0, 0.05) is 38.4 Å². The summed E-state index contributed by atoms with van der Waals surface area (Å²) in [6.45, 7) is 6.17. The lowest BCUT2D eigenvalue weighted by atomic mass is 10.2. The molecule has 6 nitrogen and oxygen atoms in total. The molecule has 0 unspecified atom stereocenters. The molecule has 6 heteroatoms. The number of amides is 1. The van der Waals surface area contributed by atoms with Crippen molar-refractivity contribution >= 4 is 18.0 Å². The Labute approximate surface area is 162 Å². The first-order valence-corrected chi connectivity index (χ1v) is 9.45. The molecule has 0 heterocycles. The highest BCUT2D eigenvalue weighted by Crippen LogP contribution is 2.19. The summed E-state index contributed by atoms with van der Waals surface area (Å²) in [6, 6.07) is 7.60. The van der Waals surface area contributed by atoms with Gasteiger partial charge in [0.05, 0.1) is 19.6 Å². The molecular weight excluding hydrogens is 346 g/mol. The van der Waals surface area contributed by atoms with Crippen LogP contribution in [0.2, 0.25) is 0 Å². The number of para-hydroxylation sites is 1. The largest absolute Gasteiger partial charge is 0.493 e. The van der Waals surface area contributed by atoms with Gasteiger partial charge in [-0.3, -0.25) is 9.59 Å². The minimum atomic E-state index is -0.302. The maximum absolute atomic E-state index is 12.6. The van der Waals surface area contributed by atoms with E-state index in [9.17, 15) is 9.59 Å². The fourth-order valence-corrected chi connectivity index (χ4v) is 2.42. The molecule has 0 aromatic heterocycles. The number of methoxy groups -OCH3 is 1. The summed E-state index contributed by atoms with van der Waals surface area (Å²) in [5, 5.41) is 0. The first-order valence-electron chi connectivity index (χ1n) is 9.45. The number of esters is 1. The number of carbonyl (C=O) groups is 2. The molecule has 0 spiro atoms. The van der Waals surface area contributed by atoms with Crippen LogP contribution in [0.3, 0.4) is 0 Å². The molecular formula is C21H31NO5. The molecule has 0 atom stereocenters. The van der Waals surface area contributed by atoms with Gasteiger partial charge in [-0.05, 0) is 31.9 Å². The molecule has 0 N–H and O–H groups in total. The van der Waals surface area contributed by atoms with Crippen LogP contribution < -0.4 is 4.74 Å². The van der Waals surface area contributed by atoms with Crippen LogP contribution in [-0.4, -0.2) is 56.8 Å². The van der Waals surface area contributed by atoms with Crippen molar-refractivity contribution in [2.24, 2.45) is 0 Å². The van der Waals surface area contributed by atoms with E-state index in [1.54, 1.807) is 25.0 Å². The Morgan fingerprint density at radius 3 is 2.59 bits per heavy atom. The van der Waals surface area contributed by atoms with Crippen LogP contribution in [0.15, 0.2) is 30.3 Å². The lowest BCUT2D eigenvalue weighted by Gasteiger charge is -2.20. The van der Waals surface area contributed by atoms with E-state index < -0.39 is 0 Å². The summed E-state index contributed by atoms with van der Waals surface area (Å²) in [7, 11) is 1.62. The van der Waals surface area contributed by atoms with E-state index in [0.29, 0.717) is 39.3 Å². The Morgan fingerprint density at radius 1 is 1.11 bits per heavy atom. The van der Waals surface area contributed by atoms with Crippen LogP contribution in [-0.2, 0) is 19.1 Å². The predicted octanol–water partition coefficient (Wildman–Crippen LogP) is 3.31. The Bertz CT molecular complexity index is 600. The predicted molar refractivity (Wildman–Crippen MR) is 106 cm³/mol. The van der Waals surface area contributed by atoms with Gasteiger partial charge in [0.25, 0.3) is 0 Å². The molecule has 1 aromatic carbocycles. The zero-order chi connectivity index (χ0) is 19.9. The smallest absolute Gasteiger partial charge is 0.307 e. The van der Waals surface area contributed by atoms with Crippen molar-refractivity contribution < 1.29 is 23.8 Å². The van der Waals surface area contributed by atoms with Crippen molar-refractivity contribution in [3.05, 3.63) is 35.9 Å². The summed E-state index contributed by atoms with van der Waals surface area (Å²) in [6.07, 6.45) is 5.07. The van der Waals surface area contributed by atoms with Crippen molar-refractivity contribution in [2.75, 3.05) is 40.0 Å². The van der Waals surface area contributed by atoms with Crippen molar-refractivity contribution in [1.29, 1.82) is 0 Å². The normalized spacial score (nSPS) is 10.8. The summed E-state index contributed by atoms with van der Waals surface area (Å²) in [5.41, 5.74) is 0.849. The highest BCUT2D eigenvalue weighted by atomic mass is 16.5. The highest BCUT2D eigenvalue weighted by Gasteiger charge is 2.13. The Kier molecular flexibility index (Phi) is 11.6. The molecule has 1 rings (SSSR count). The number of hydrogen-bond donors (Lipinski definition) is 0. The zero-order valence-corrected chi connectivity index (χ0v) is 16.6. The van der Waals surface area contributed by atoms with Gasteiger partial charge in [0.15, 0.2) is 0 Å². The lowest BCUT2D eigenvalue weighted by Crippen LogP contribution is -2.33. The van der Waals surface area contributed by atoms with Crippen LogP contribution in [0.25, 0.3) is 6.08 Å². The molecule has 27 heavy (non-hydrogen) atoms. The molecule has 0 aliphatic heterocycles. The Morgan fingerprint density at radius 2 is 1.89 bits per heavy atom. The second kappa shape index (κ2) is 13.8. The molecule has 0 fully saturated rings. The summed E-state index contributed by atoms with van der Waals surface area (Å²) < 4.78 is 15.7. The van der Waals surface area contributed by atoms with Gasteiger partial charge in [-0.2, -0.15) is 0 Å². The van der Waals surface area contributed by atoms with E-state index in [1.807, 2.05) is 31.2 Å². The standard InChI is InChI=1S/C21H31NO5/c1-4-16-27-19-10-7-6-9-18(19)11-12-20(23)22(14-8-17-25-3)15-13-21(24)26-5-2/h6-7,9-12H,4-5,8,13-17H2,1-3H3/b12-11+. The van der Waals surface area contributed by atoms with E-state index in [4.69, 9.17) is 14.2 Å². The van der Waals surface area contributed by atoms with Crippen molar-refractivity contribution in [3.63, 3.8) is 0 Å². The van der Waals surface area contributed by atoms with Gasteiger partial charge in [-0.25, -0.2) is 0 Å². The van der Waals surface area contributed by atoms with Gasteiger partial charge < -0.3 is 19.1 Å². The third-order valence-corrected chi connectivity index (χ3v) is 3.77. The van der Waals surface area contributed by atoms with E-state index in [1.165, 1.54) is 6.08 Å². The number of ether oxygens (including phenoxy) is 3. The number of benzene rings is 1. The molecule has 0 aliphatic rings. The molecule has 1 amide bonds. The van der Waals surface area contributed by atoms with Crippen LogP contribution in [0.5, 0.6) is 5.75 Å². The fourth-order valence-electron chi connectivity index (χ4n) is 2.42. The third kappa shape index (κ3) is 9.24. The topological polar surface area (TPSA) is 65.1 Å². The van der Waals surface area contributed by atoms with Crippen LogP contribution in [0.4, 0.5) is 0 Å². The van der Waals surface area contributed by atoms with E-state index in [0.717, 1.165) is 17.7 Å². The van der Waals surface area contributed by atoms with Crippen molar-refractivity contribution in [2.45, 2.75) is 33.1 Å². The van der Waals surface area contributed by atoms with Crippen molar-refractivity contribution in [3.8, 4) is 5.75 Å². The SMILES string of the molecule is CCCOc1ccccc1/C=C/C(=O)N(CCCOC)CCC(=O)OCC. The summed E-state index contributed by atoms with van der Waals surface area (Å²) in [5.74, 6) is 0.297. The summed E-state index contributed by atoms with van der Waals surface area (Å²) >= 11 is 0. The van der Waals surface area contributed by atoms with Gasteiger partial charge in [0.1, 0.15) is 5.75 Å². The quantitative estimate of drug-likeness (QED) is 0.300. The third-order valence-electron chi connectivity index (χ3n) is 3.77. The maximum Gasteiger partial charge on any atom is 0.307 e. The lowest BCUT2D eigenvalue weighted by molar-refractivity contribution is -0.143. The molecule has 0 saturated carbocycles. The average molecular weight is 377 g/mol. The second-order valence-electron chi connectivity index (χ2n) is 5.95. The number of nitrogens with zero attached hydrogens (tertiary/aromatic N) is 1. The first-order chi connectivity index (χ1) is 13.1. The Balaban J connectivity index is 2.76.